The molecular formula is C28H33N3O5. The molecule has 0 aromatic heterocycles. The van der Waals surface area contributed by atoms with Crippen molar-refractivity contribution in [1.29, 1.82) is 0 Å². The van der Waals surface area contributed by atoms with Crippen molar-refractivity contribution >= 4 is 17.5 Å². The van der Waals surface area contributed by atoms with Crippen molar-refractivity contribution in [1.82, 2.24) is 4.90 Å². The third-order valence-corrected chi connectivity index (χ3v) is 5.66. The van der Waals surface area contributed by atoms with Gasteiger partial charge in [0.05, 0.1) is 27.8 Å². The number of nitrogens with zero attached hydrogens (tertiary/aromatic N) is 1. The third kappa shape index (κ3) is 7.23. The molecular weight excluding hydrogens is 458 g/mol. The number of carbonyl (C=O) groups excluding carboxylic acids is 2. The van der Waals surface area contributed by atoms with E-state index in [1.807, 2.05) is 48.5 Å². The van der Waals surface area contributed by atoms with E-state index in [4.69, 9.17) is 19.9 Å². The Labute approximate surface area is 212 Å². The molecule has 0 aliphatic heterocycles. The molecule has 0 spiro atoms. The molecule has 0 aliphatic rings. The van der Waals surface area contributed by atoms with Crippen molar-refractivity contribution < 1.29 is 23.8 Å². The lowest BCUT2D eigenvalue weighted by Gasteiger charge is -2.23. The number of benzene rings is 3. The summed E-state index contributed by atoms with van der Waals surface area (Å²) in [4.78, 5) is 27.7. The van der Waals surface area contributed by atoms with Crippen molar-refractivity contribution in [2.24, 2.45) is 5.73 Å². The highest BCUT2D eigenvalue weighted by atomic mass is 16.5. The van der Waals surface area contributed by atoms with E-state index in [-0.39, 0.29) is 18.2 Å². The summed E-state index contributed by atoms with van der Waals surface area (Å²) < 4.78 is 15.8. The predicted molar refractivity (Wildman–Crippen MR) is 140 cm³/mol. The van der Waals surface area contributed by atoms with Crippen LogP contribution in [0, 0.1) is 0 Å². The topological polar surface area (TPSA) is 103 Å². The summed E-state index contributed by atoms with van der Waals surface area (Å²) in [7, 11) is 4.69. The zero-order valence-corrected chi connectivity index (χ0v) is 21.0. The molecule has 8 heteroatoms. The average Bonchev–Trinajstić information content (AvgIpc) is 2.90. The fraction of sp³-hybridized carbons (Fsp3) is 0.286. The number of hydrogen-bond donors (Lipinski definition) is 2. The van der Waals surface area contributed by atoms with Gasteiger partial charge in [-0.1, -0.05) is 24.3 Å². The summed E-state index contributed by atoms with van der Waals surface area (Å²) in [5.41, 5.74) is 8.66. The zero-order chi connectivity index (χ0) is 25.9. The summed E-state index contributed by atoms with van der Waals surface area (Å²) in [6.07, 6.45) is 0.909. The first kappa shape index (κ1) is 26.6. The highest BCUT2D eigenvalue weighted by molar-refractivity contribution is 5.95. The first-order valence-electron chi connectivity index (χ1n) is 11.7. The van der Waals surface area contributed by atoms with Crippen molar-refractivity contribution in [3.8, 4) is 17.2 Å². The summed E-state index contributed by atoms with van der Waals surface area (Å²) in [6.45, 7) is 1.34. The Kier molecular flexibility index (Phi) is 9.71. The molecule has 0 unspecified atom stereocenters. The van der Waals surface area contributed by atoms with Gasteiger partial charge in [0.2, 0.25) is 5.91 Å². The van der Waals surface area contributed by atoms with E-state index < -0.39 is 0 Å². The maximum Gasteiger partial charge on any atom is 0.254 e. The maximum absolute atomic E-state index is 13.3. The van der Waals surface area contributed by atoms with Gasteiger partial charge in [0.1, 0.15) is 5.75 Å². The molecule has 3 N–H and O–H groups in total. The summed E-state index contributed by atoms with van der Waals surface area (Å²) in [6, 6.07) is 20.0. The Bertz CT molecular complexity index is 1160. The SMILES string of the molecule is COc1ccc(CC(=O)Nc2cccc(CN(CCCN)C(=O)c3ccc(OC)c(OC)c3)c2)cc1. The van der Waals surface area contributed by atoms with Crippen molar-refractivity contribution in [2.45, 2.75) is 19.4 Å². The van der Waals surface area contributed by atoms with Gasteiger partial charge in [-0.2, -0.15) is 0 Å². The number of rotatable bonds is 12. The number of hydrogen-bond acceptors (Lipinski definition) is 6. The van der Waals surface area contributed by atoms with Crippen molar-refractivity contribution in [2.75, 3.05) is 39.7 Å². The van der Waals surface area contributed by atoms with Gasteiger partial charge in [0.25, 0.3) is 5.91 Å². The smallest absolute Gasteiger partial charge is 0.254 e. The van der Waals surface area contributed by atoms with Crippen LogP contribution in [0.5, 0.6) is 17.2 Å². The van der Waals surface area contributed by atoms with Crippen LogP contribution in [0.25, 0.3) is 0 Å². The van der Waals surface area contributed by atoms with Gasteiger partial charge in [-0.05, 0) is 66.6 Å². The molecule has 0 fully saturated rings. The molecule has 0 aliphatic carbocycles. The molecule has 0 radical (unpaired) electrons. The van der Waals surface area contributed by atoms with Crippen LogP contribution in [-0.2, 0) is 17.8 Å². The Morgan fingerprint density at radius 1 is 0.861 bits per heavy atom. The van der Waals surface area contributed by atoms with E-state index in [2.05, 4.69) is 5.32 Å². The van der Waals surface area contributed by atoms with E-state index in [0.29, 0.717) is 48.8 Å². The van der Waals surface area contributed by atoms with Gasteiger partial charge in [-0.25, -0.2) is 0 Å². The van der Waals surface area contributed by atoms with Gasteiger partial charge in [-0.15, -0.1) is 0 Å². The Balaban J connectivity index is 1.71. The third-order valence-electron chi connectivity index (χ3n) is 5.66. The molecule has 3 aromatic rings. The molecule has 0 saturated heterocycles. The maximum atomic E-state index is 13.3. The molecule has 36 heavy (non-hydrogen) atoms. The van der Waals surface area contributed by atoms with Crippen LogP contribution in [0.4, 0.5) is 5.69 Å². The van der Waals surface area contributed by atoms with E-state index in [9.17, 15) is 9.59 Å². The highest BCUT2D eigenvalue weighted by Gasteiger charge is 2.18. The Morgan fingerprint density at radius 3 is 2.28 bits per heavy atom. The van der Waals surface area contributed by atoms with Crippen LogP contribution in [0.1, 0.15) is 27.9 Å². The van der Waals surface area contributed by atoms with Gasteiger partial charge < -0.3 is 30.2 Å². The van der Waals surface area contributed by atoms with Crippen molar-refractivity contribution in [3.05, 3.63) is 83.4 Å². The lowest BCUT2D eigenvalue weighted by atomic mass is 10.1. The number of methoxy groups -OCH3 is 3. The number of nitrogens with one attached hydrogen (secondary N) is 1. The molecule has 0 bridgehead atoms. The van der Waals surface area contributed by atoms with E-state index in [0.717, 1.165) is 16.9 Å². The number of nitrogens with two attached hydrogens (primary N) is 1. The highest BCUT2D eigenvalue weighted by Crippen LogP contribution is 2.28. The summed E-state index contributed by atoms with van der Waals surface area (Å²) in [5.74, 6) is 1.52. The summed E-state index contributed by atoms with van der Waals surface area (Å²) >= 11 is 0. The van der Waals surface area contributed by atoms with Crippen LogP contribution in [0.3, 0.4) is 0 Å². The van der Waals surface area contributed by atoms with Crippen LogP contribution >= 0.6 is 0 Å². The average molecular weight is 492 g/mol. The zero-order valence-electron chi connectivity index (χ0n) is 21.0. The monoisotopic (exact) mass is 491 g/mol. The minimum atomic E-state index is -0.140. The second-order valence-electron chi connectivity index (χ2n) is 8.21. The van der Waals surface area contributed by atoms with Gasteiger partial charge in [0.15, 0.2) is 11.5 Å². The minimum Gasteiger partial charge on any atom is -0.497 e. The predicted octanol–water partition coefficient (Wildman–Crippen LogP) is 3.88. The Hall–Kier alpha value is -4.04. The second-order valence-corrected chi connectivity index (χ2v) is 8.21. The lowest BCUT2D eigenvalue weighted by molar-refractivity contribution is -0.115. The normalized spacial score (nSPS) is 10.4. The second kappa shape index (κ2) is 13.2. The van der Waals surface area contributed by atoms with Gasteiger partial charge in [-0.3, -0.25) is 9.59 Å². The fourth-order valence-corrected chi connectivity index (χ4v) is 3.79. The van der Waals surface area contributed by atoms with Crippen LogP contribution in [0.15, 0.2) is 66.7 Å². The molecule has 2 amide bonds. The Morgan fingerprint density at radius 2 is 1.61 bits per heavy atom. The molecule has 190 valence electrons. The van der Waals surface area contributed by atoms with E-state index in [1.165, 1.54) is 7.11 Å². The van der Waals surface area contributed by atoms with E-state index >= 15 is 0 Å². The molecule has 0 saturated carbocycles. The lowest BCUT2D eigenvalue weighted by Crippen LogP contribution is -2.32. The molecule has 3 aromatic carbocycles. The van der Waals surface area contributed by atoms with Gasteiger partial charge >= 0.3 is 0 Å². The van der Waals surface area contributed by atoms with Crippen LogP contribution < -0.4 is 25.3 Å². The quantitative estimate of drug-likeness (QED) is 0.399. The number of ether oxygens (including phenoxy) is 3. The van der Waals surface area contributed by atoms with E-state index in [1.54, 1.807) is 37.3 Å². The largest absolute Gasteiger partial charge is 0.497 e. The summed E-state index contributed by atoms with van der Waals surface area (Å²) in [5, 5.41) is 2.94. The fourth-order valence-electron chi connectivity index (χ4n) is 3.79. The molecule has 0 heterocycles. The standard InChI is InChI=1S/C28H33N3O5/c1-34-24-11-8-20(9-12-24)17-27(32)30-23-7-4-6-21(16-23)19-31(15-5-14-29)28(33)22-10-13-25(35-2)26(18-22)36-3/h4,6-13,16,18H,5,14-15,17,19,29H2,1-3H3,(H,30,32). The van der Waals surface area contributed by atoms with Crippen LogP contribution in [-0.4, -0.2) is 51.1 Å². The number of anilines is 1. The molecule has 3 rings (SSSR count). The number of carbonyl (C=O) groups is 2. The van der Waals surface area contributed by atoms with Crippen molar-refractivity contribution in [3.63, 3.8) is 0 Å². The minimum absolute atomic E-state index is 0.126. The van der Waals surface area contributed by atoms with Gasteiger partial charge in [0, 0.05) is 24.3 Å². The molecule has 0 atom stereocenters. The number of amides is 2. The first-order valence-corrected chi connectivity index (χ1v) is 11.7. The van der Waals surface area contributed by atoms with Crippen LogP contribution in [0.2, 0.25) is 0 Å². The first-order chi connectivity index (χ1) is 17.5. The molecule has 8 nitrogen and oxygen atoms in total.